The van der Waals surface area contributed by atoms with Crippen molar-refractivity contribution in [2.24, 2.45) is 0 Å². The zero-order chi connectivity index (χ0) is 28.1. The Morgan fingerprint density at radius 2 is 1.79 bits per heavy atom. The lowest BCUT2D eigenvalue weighted by atomic mass is 9.65. The summed E-state index contributed by atoms with van der Waals surface area (Å²) in [5, 5.41) is 13.3. The van der Waals surface area contributed by atoms with E-state index in [9.17, 15) is 18.0 Å². The summed E-state index contributed by atoms with van der Waals surface area (Å²) in [5.41, 5.74) is 2.21. The van der Waals surface area contributed by atoms with Gasteiger partial charge in [0, 0.05) is 26.8 Å². The summed E-state index contributed by atoms with van der Waals surface area (Å²) in [6, 6.07) is 14.6. The summed E-state index contributed by atoms with van der Waals surface area (Å²) in [5.74, 6) is -1.22. The molecule has 2 aliphatic rings. The largest absolute Gasteiger partial charge is 0.493 e. The number of carbonyl (C=O) groups is 2. The fourth-order valence-electron chi connectivity index (χ4n) is 5.31. The van der Waals surface area contributed by atoms with Gasteiger partial charge in [-0.2, -0.15) is 13.2 Å². The number of ether oxygens (including phenoxy) is 2. The first-order valence-corrected chi connectivity index (χ1v) is 13.0. The van der Waals surface area contributed by atoms with Crippen LogP contribution in [0.3, 0.4) is 0 Å². The molecule has 38 heavy (non-hydrogen) atoms. The smallest absolute Gasteiger partial charge is 0.490 e. The van der Waals surface area contributed by atoms with Gasteiger partial charge in [0.2, 0.25) is 0 Å². The Labute approximate surface area is 233 Å². The third-order valence-electron chi connectivity index (χ3n) is 7.15. The molecule has 1 aliphatic heterocycles. The lowest BCUT2D eigenvalue weighted by Crippen LogP contribution is -2.52. The zero-order valence-corrected chi connectivity index (χ0v) is 23.4. The van der Waals surface area contributed by atoms with Crippen LogP contribution in [0.1, 0.15) is 31.2 Å². The van der Waals surface area contributed by atoms with E-state index < -0.39 is 12.1 Å². The fraction of sp³-hybridized carbons (Fsp3) is 0.462. The number of halogens is 4. The van der Waals surface area contributed by atoms with Crippen molar-refractivity contribution in [3.63, 3.8) is 0 Å². The number of aliphatic carboxylic acids is 1. The molecule has 2 fully saturated rings. The minimum atomic E-state index is -5.08. The highest BCUT2D eigenvalue weighted by molar-refractivity contribution is 14.1. The summed E-state index contributed by atoms with van der Waals surface area (Å²) >= 11 is 2.25. The Bertz CT molecular complexity index is 1150. The third kappa shape index (κ3) is 7.01. The molecule has 3 N–H and O–H groups in total. The minimum Gasteiger partial charge on any atom is -0.493 e. The highest BCUT2D eigenvalue weighted by atomic mass is 127. The van der Waals surface area contributed by atoms with E-state index in [1.807, 2.05) is 30.3 Å². The predicted molar refractivity (Wildman–Crippen MR) is 145 cm³/mol. The molecule has 1 aliphatic carbocycles. The van der Waals surface area contributed by atoms with Crippen molar-refractivity contribution in [3.8, 4) is 11.5 Å². The van der Waals surface area contributed by atoms with Crippen LogP contribution in [0.15, 0.2) is 42.5 Å². The van der Waals surface area contributed by atoms with Gasteiger partial charge in [0.1, 0.15) is 0 Å². The number of methoxy groups -OCH3 is 2. The summed E-state index contributed by atoms with van der Waals surface area (Å²) in [6.07, 6.45) is -1.04. The number of nitrogens with one attached hydrogen (secondary N) is 2. The van der Waals surface area contributed by atoms with Crippen molar-refractivity contribution in [1.29, 1.82) is 0 Å². The number of urea groups is 1. The number of hydrogen-bond donors (Lipinski definition) is 3. The monoisotopic (exact) mass is 649 g/mol. The van der Waals surface area contributed by atoms with Crippen LogP contribution in [-0.2, 0) is 10.2 Å². The molecule has 2 aromatic carbocycles. The average molecular weight is 649 g/mol. The van der Waals surface area contributed by atoms with Gasteiger partial charge in [0.25, 0.3) is 0 Å². The Hall–Kier alpha value is -2.74. The second-order valence-electron chi connectivity index (χ2n) is 9.36. The number of rotatable bonds is 5. The van der Waals surface area contributed by atoms with Gasteiger partial charge in [-0.25, -0.2) is 9.59 Å². The molecule has 0 bridgehead atoms. The standard InChI is InChI=1S/C24H30IN3O3.C2HF3O2/c1-28-12-11-24(16-7-8-20(30-2)21(13-16)31-3)10-9-19(15-22(24)28)27-23(29)26-18-6-4-5-17(25)14-18;3-2(4,5)1(6)7/h4-8,13-14,19,22H,9-12,15H2,1-3H3,(H2,26,27,29);(H,6,7)/t19-,22+,24+;/m1./s1. The van der Waals surface area contributed by atoms with Crippen LogP contribution in [0, 0.1) is 3.57 Å². The van der Waals surface area contributed by atoms with Crippen molar-refractivity contribution in [1.82, 2.24) is 10.2 Å². The zero-order valence-electron chi connectivity index (χ0n) is 21.3. The first-order chi connectivity index (χ1) is 17.9. The van der Waals surface area contributed by atoms with Gasteiger partial charge >= 0.3 is 18.2 Å². The molecule has 1 heterocycles. The van der Waals surface area contributed by atoms with Crippen LogP contribution in [-0.4, -0.2) is 68.1 Å². The number of fused-ring (bicyclic) bond motifs is 1. The Balaban J connectivity index is 0.000000505. The maximum Gasteiger partial charge on any atom is 0.490 e. The Morgan fingerprint density at radius 3 is 2.39 bits per heavy atom. The second kappa shape index (κ2) is 12.4. The highest BCUT2D eigenvalue weighted by Crippen LogP contribution is 2.49. The molecule has 1 saturated carbocycles. The maximum atomic E-state index is 12.6. The van der Waals surface area contributed by atoms with Gasteiger partial charge in [0.15, 0.2) is 11.5 Å². The Morgan fingerprint density at radius 1 is 1.11 bits per heavy atom. The molecule has 3 atom stereocenters. The Kier molecular flexibility index (Phi) is 9.74. The molecule has 0 spiro atoms. The predicted octanol–water partition coefficient (Wildman–Crippen LogP) is 5.26. The summed E-state index contributed by atoms with van der Waals surface area (Å²) in [4.78, 5) is 23.9. The minimum absolute atomic E-state index is 0.0818. The normalized spacial score (nSPS) is 22.9. The number of likely N-dealkylation sites (tertiary alicyclic amines) is 1. The van der Waals surface area contributed by atoms with E-state index in [4.69, 9.17) is 19.4 Å². The fourth-order valence-corrected chi connectivity index (χ4v) is 5.86. The maximum absolute atomic E-state index is 12.6. The first kappa shape index (κ1) is 29.8. The van der Waals surface area contributed by atoms with Gasteiger partial charge < -0.3 is 30.1 Å². The molecular formula is C26H31F3IN3O5. The van der Waals surface area contributed by atoms with Crippen molar-refractivity contribution in [2.75, 3.05) is 33.1 Å². The SMILES string of the molecule is COc1ccc([C@@]23CC[C@@H](NC(=O)Nc4cccc(I)c4)C[C@@H]2N(C)CC3)cc1OC.O=C(O)C(F)(F)F. The molecule has 1 saturated heterocycles. The summed E-state index contributed by atoms with van der Waals surface area (Å²) in [6.45, 7) is 1.06. The second-order valence-corrected chi connectivity index (χ2v) is 10.6. The highest BCUT2D eigenvalue weighted by Gasteiger charge is 2.50. The lowest BCUT2D eigenvalue weighted by molar-refractivity contribution is -0.192. The average Bonchev–Trinajstić information content (AvgIpc) is 3.20. The number of benzene rings is 2. The van der Waals surface area contributed by atoms with Gasteiger partial charge in [-0.15, -0.1) is 0 Å². The molecule has 208 valence electrons. The van der Waals surface area contributed by atoms with Crippen molar-refractivity contribution >= 4 is 40.3 Å². The van der Waals surface area contributed by atoms with E-state index in [1.54, 1.807) is 14.2 Å². The number of carboxylic acids is 1. The molecule has 2 amide bonds. The van der Waals surface area contributed by atoms with Gasteiger partial charge in [0.05, 0.1) is 14.2 Å². The molecule has 12 heteroatoms. The quantitative estimate of drug-likeness (QED) is 0.383. The molecule has 0 unspecified atom stereocenters. The van der Waals surface area contributed by atoms with Crippen LogP contribution in [0.4, 0.5) is 23.7 Å². The number of amides is 2. The van der Waals surface area contributed by atoms with Crippen molar-refractivity contribution in [3.05, 3.63) is 51.6 Å². The molecular weight excluding hydrogens is 618 g/mol. The third-order valence-corrected chi connectivity index (χ3v) is 7.82. The number of nitrogens with zero attached hydrogens (tertiary/aromatic N) is 1. The van der Waals surface area contributed by atoms with Crippen molar-refractivity contribution in [2.45, 2.75) is 49.4 Å². The van der Waals surface area contributed by atoms with E-state index >= 15 is 0 Å². The number of likely N-dealkylation sites (N-methyl/N-ethyl adjacent to an activating group) is 1. The first-order valence-electron chi connectivity index (χ1n) is 12.0. The van der Waals surface area contributed by atoms with Crippen molar-refractivity contribution < 1.29 is 37.3 Å². The summed E-state index contributed by atoms with van der Waals surface area (Å²) in [7, 11) is 5.55. The lowest BCUT2D eigenvalue weighted by Gasteiger charge is -2.45. The molecule has 2 aromatic rings. The van der Waals surface area contributed by atoms with Gasteiger partial charge in [-0.1, -0.05) is 12.1 Å². The van der Waals surface area contributed by atoms with Crippen LogP contribution in [0.2, 0.25) is 0 Å². The topological polar surface area (TPSA) is 100 Å². The van der Waals surface area contributed by atoms with Crippen LogP contribution in [0.5, 0.6) is 11.5 Å². The molecule has 0 radical (unpaired) electrons. The van der Waals surface area contributed by atoms with E-state index in [0.29, 0.717) is 6.04 Å². The number of anilines is 1. The van der Waals surface area contributed by atoms with Gasteiger partial charge in [-0.3, -0.25) is 0 Å². The van der Waals surface area contributed by atoms with Gasteiger partial charge in [-0.05, 0) is 97.8 Å². The van der Waals surface area contributed by atoms with E-state index in [-0.39, 0.29) is 17.5 Å². The van der Waals surface area contributed by atoms with Crippen LogP contribution >= 0.6 is 22.6 Å². The number of carbonyl (C=O) groups excluding carboxylic acids is 1. The number of alkyl halides is 3. The van der Waals surface area contributed by atoms with Crippen LogP contribution < -0.4 is 20.1 Å². The van der Waals surface area contributed by atoms with E-state index in [2.05, 4.69) is 57.3 Å². The number of hydrogen-bond acceptors (Lipinski definition) is 5. The molecule has 0 aromatic heterocycles. The van der Waals surface area contributed by atoms with E-state index in [1.165, 1.54) is 5.56 Å². The molecule has 8 nitrogen and oxygen atoms in total. The van der Waals surface area contributed by atoms with Crippen LogP contribution in [0.25, 0.3) is 0 Å². The van der Waals surface area contributed by atoms with E-state index in [0.717, 1.165) is 53.0 Å². The summed E-state index contributed by atoms with van der Waals surface area (Å²) < 4.78 is 43.8. The number of carboxylic acid groups (broad SMARTS) is 1. The molecule has 4 rings (SSSR count).